The van der Waals surface area contributed by atoms with Gasteiger partial charge in [-0.1, -0.05) is 24.6 Å². The van der Waals surface area contributed by atoms with Crippen molar-refractivity contribution < 1.29 is 4.79 Å². The average Bonchev–Trinajstić information content (AvgIpc) is 2.61. The molecule has 1 N–H and O–H groups in total. The van der Waals surface area contributed by atoms with Gasteiger partial charge in [-0.3, -0.25) is 9.59 Å². The fraction of sp³-hybridized carbons (Fsp3) is 0.429. The number of amides is 1. The summed E-state index contributed by atoms with van der Waals surface area (Å²) in [6.45, 7) is 6.43. The predicted molar refractivity (Wildman–Crippen MR) is 111 cm³/mol. The van der Waals surface area contributed by atoms with Crippen molar-refractivity contribution in [3.63, 3.8) is 0 Å². The van der Waals surface area contributed by atoms with Crippen molar-refractivity contribution in [3.05, 3.63) is 57.5 Å². The van der Waals surface area contributed by atoms with Gasteiger partial charge in [-0.2, -0.15) is 0 Å². The molecule has 6 heteroatoms. The van der Waals surface area contributed by atoms with E-state index < -0.39 is 0 Å². The molecule has 3 rings (SSSR count). The van der Waals surface area contributed by atoms with Crippen molar-refractivity contribution in [1.82, 2.24) is 4.57 Å². The van der Waals surface area contributed by atoms with E-state index in [2.05, 4.69) is 17.1 Å². The first kappa shape index (κ1) is 19.5. The van der Waals surface area contributed by atoms with Crippen LogP contribution < -0.4 is 15.8 Å². The highest BCUT2D eigenvalue weighted by Crippen LogP contribution is 2.32. The number of hydrogen-bond acceptors (Lipinski definition) is 3. The van der Waals surface area contributed by atoms with E-state index in [4.69, 9.17) is 11.6 Å². The Morgan fingerprint density at radius 3 is 2.85 bits per heavy atom. The van der Waals surface area contributed by atoms with E-state index >= 15 is 0 Å². The number of aryl methyl sites for hydroxylation is 1. The SMILES string of the molecule is Cc1cccc(=O)n1CCC(=O)Nc1cc(Cl)ccc1N1CCCC(C)C1. The average molecular weight is 388 g/mol. The maximum absolute atomic E-state index is 12.5. The Kier molecular flexibility index (Phi) is 6.22. The smallest absolute Gasteiger partial charge is 0.250 e. The van der Waals surface area contributed by atoms with Crippen molar-refractivity contribution >= 4 is 28.9 Å². The minimum Gasteiger partial charge on any atom is -0.370 e. The lowest BCUT2D eigenvalue weighted by Gasteiger charge is -2.34. The molecule has 27 heavy (non-hydrogen) atoms. The predicted octanol–water partition coefficient (Wildman–Crippen LogP) is 4.08. The molecule has 0 aliphatic carbocycles. The summed E-state index contributed by atoms with van der Waals surface area (Å²) in [5.41, 5.74) is 2.50. The molecule has 5 nitrogen and oxygen atoms in total. The quantitative estimate of drug-likeness (QED) is 0.841. The summed E-state index contributed by atoms with van der Waals surface area (Å²) in [6.07, 6.45) is 2.61. The first-order valence-corrected chi connectivity index (χ1v) is 9.82. The summed E-state index contributed by atoms with van der Waals surface area (Å²) in [7, 11) is 0. The first-order chi connectivity index (χ1) is 12.9. The molecule has 1 saturated heterocycles. The molecule has 0 spiro atoms. The van der Waals surface area contributed by atoms with Crippen molar-refractivity contribution in [3.8, 4) is 0 Å². The van der Waals surface area contributed by atoms with Gasteiger partial charge in [0, 0.05) is 42.8 Å². The molecular formula is C21H26ClN3O2. The lowest BCUT2D eigenvalue weighted by Crippen LogP contribution is -2.35. The van der Waals surface area contributed by atoms with E-state index in [0.717, 1.165) is 36.6 Å². The maximum atomic E-state index is 12.5. The Balaban J connectivity index is 1.72. The lowest BCUT2D eigenvalue weighted by atomic mass is 9.99. The number of anilines is 2. The van der Waals surface area contributed by atoms with Gasteiger partial charge in [0.2, 0.25) is 5.91 Å². The van der Waals surface area contributed by atoms with Crippen LogP contribution in [0.1, 0.15) is 31.9 Å². The van der Waals surface area contributed by atoms with Crippen LogP contribution in [0.25, 0.3) is 0 Å². The molecule has 2 aromatic rings. The van der Waals surface area contributed by atoms with E-state index in [1.165, 1.54) is 12.5 Å². The zero-order valence-corrected chi connectivity index (χ0v) is 16.6. The van der Waals surface area contributed by atoms with Crippen LogP contribution in [-0.2, 0) is 11.3 Å². The number of piperidine rings is 1. The highest BCUT2D eigenvalue weighted by molar-refractivity contribution is 6.31. The summed E-state index contributed by atoms with van der Waals surface area (Å²) in [6, 6.07) is 10.7. The number of aromatic nitrogens is 1. The van der Waals surface area contributed by atoms with Gasteiger partial charge < -0.3 is 14.8 Å². The molecule has 0 bridgehead atoms. The maximum Gasteiger partial charge on any atom is 0.250 e. The normalized spacial score (nSPS) is 17.0. The molecule has 1 aromatic carbocycles. The second kappa shape index (κ2) is 8.61. The minimum atomic E-state index is -0.126. The van der Waals surface area contributed by atoms with Gasteiger partial charge in [0.15, 0.2) is 0 Å². The highest BCUT2D eigenvalue weighted by atomic mass is 35.5. The second-order valence-electron chi connectivity index (χ2n) is 7.31. The highest BCUT2D eigenvalue weighted by Gasteiger charge is 2.20. The molecule has 1 aliphatic heterocycles. The monoisotopic (exact) mass is 387 g/mol. The zero-order chi connectivity index (χ0) is 19.4. The van der Waals surface area contributed by atoms with Crippen LogP contribution >= 0.6 is 11.6 Å². The third-order valence-electron chi connectivity index (χ3n) is 5.06. The number of hydrogen-bond donors (Lipinski definition) is 1. The van der Waals surface area contributed by atoms with Crippen molar-refractivity contribution in [2.24, 2.45) is 5.92 Å². The molecule has 1 amide bonds. The van der Waals surface area contributed by atoms with Crippen LogP contribution in [0.3, 0.4) is 0 Å². The molecule has 1 unspecified atom stereocenters. The van der Waals surface area contributed by atoms with Gasteiger partial charge in [-0.15, -0.1) is 0 Å². The van der Waals surface area contributed by atoms with Crippen molar-refractivity contribution in [2.75, 3.05) is 23.3 Å². The molecule has 0 radical (unpaired) electrons. The number of pyridine rings is 1. The molecule has 1 aromatic heterocycles. The van der Waals surface area contributed by atoms with Gasteiger partial charge in [-0.25, -0.2) is 0 Å². The Bertz CT molecular complexity index is 878. The van der Waals surface area contributed by atoms with E-state index in [-0.39, 0.29) is 17.9 Å². The van der Waals surface area contributed by atoms with Gasteiger partial charge in [0.1, 0.15) is 0 Å². The molecule has 144 valence electrons. The largest absolute Gasteiger partial charge is 0.370 e. The first-order valence-electron chi connectivity index (χ1n) is 9.45. The van der Waals surface area contributed by atoms with Crippen LogP contribution in [0.5, 0.6) is 0 Å². The molecule has 0 saturated carbocycles. The van der Waals surface area contributed by atoms with Gasteiger partial charge in [0.25, 0.3) is 5.56 Å². The minimum absolute atomic E-state index is 0.0893. The fourth-order valence-electron chi connectivity index (χ4n) is 3.63. The fourth-order valence-corrected chi connectivity index (χ4v) is 3.80. The van der Waals surface area contributed by atoms with Crippen LogP contribution in [0, 0.1) is 12.8 Å². The molecular weight excluding hydrogens is 362 g/mol. The number of nitrogens with one attached hydrogen (secondary N) is 1. The molecule has 2 heterocycles. The van der Waals surface area contributed by atoms with Gasteiger partial charge >= 0.3 is 0 Å². The summed E-state index contributed by atoms with van der Waals surface area (Å²) >= 11 is 6.17. The summed E-state index contributed by atoms with van der Waals surface area (Å²) < 4.78 is 1.62. The van der Waals surface area contributed by atoms with E-state index in [1.807, 2.05) is 25.1 Å². The number of carbonyl (C=O) groups excluding carboxylic acids is 1. The van der Waals surface area contributed by atoms with Crippen molar-refractivity contribution in [2.45, 2.75) is 39.7 Å². The van der Waals surface area contributed by atoms with Crippen LogP contribution in [0.4, 0.5) is 11.4 Å². The molecule has 1 fully saturated rings. The van der Waals surface area contributed by atoms with E-state index in [9.17, 15) is 9.59 Å². The standard InChI is InChI=1S/C21H26ClN3O2/c1-15-5-4-11-24(14-15)19-9-8-17(22)13-18(19)23-20(26)10-12-25-16(2)6-3-7-21(25)27/h3,6-9,13,15H,4-5,10-12,14H2,1-2H3,(H,23,26). The Labute approximate surface area is 164 Å². The Morgan fingerprint density at radius 2 is 2.11 bits per heavy atom. The third kappa shape index (κ3) is 4.92. The van der Waals surface area contributed by atoms with Crippen LogP contribution in [-0.4, -0.2) is 23.6 Å². The Hall–Kier alpha value is -2.27. The third-order valence-corrected chi connectivity index (χ3v) is 5.30. The van der Waals surface area contributed by atoms with Crippen LogP contribution in [0.2, 0.25) is 5.02 Å². The number of nitrogens with zero attached hydrogens (tertiary/aromatic N) is 2. The van der Waals surface area contributed by atoms with E-state index in [0.29, 0.717) is 17.5 Å². The van der Waals surface area contributed by atoms with E-state index in [1.54, 1.807) is 16.7 Å². The molecule has 1 atom stereocenters. The zero-order valence-electron chi connectivity index (χ0n) is 15.9. The van der Waals surface area contributed by atoms with Crippen LogP contribution in [0.15, 0.2) is 41.2 Å². The number of rotatable bonds is 5. The number of halogens is 1. The van der Waals surface area contributed by atoms with Crippen molar-refractivity contribution in [1.29, 1.82) is 0 Å². The molecule has 1 aliphatic rings. The summed E-state index contributed by atoms with van der Waals surface area (Å²) in [5, 5.41) is 3.58. The second-order valence-corrected chi connectivity index (χ2v) is 7.75. The van der Waals surface area contributed by atoms with Gasteiger partial charge in [0.05, 0.1) is 11.4 Å². The number of carbonyl (C=O) groups is 1. The summed E-state index contributed by atoms with van der Waals surface area (Å²) in [5.74, 6) is 0.504. The lowest BCUT2D eigenvalue weighted by molar-refractivity contribution is -0.116. The topological polar surface area (TPSA) is 54.3 Å². The number of benzene rings is 1. The van der Waals surface area contributed by atoms with Gasteiger partial charge in [-0.05, 0) is 49.9 Å². The Morgan fingerprint density at radius 1 is 1.30 bits per heavy atom. The summed E-state index contributed by atoms with van der Waals surface area (Å²) in [4.78, 5) is 26.8.